The molecule has 1 aliphatic carbocycles. The van der Waals surface area contributed by atoms with Gasteiger partial charge >= 0.3 is 6.18 Å². The fourth-order valence-corrected chi connectivity index (χ4v) is 3.88. The molecule has 124 valence electrons. The van der Waals surface area contributed by atoms with Crippen LogP contribution in [0.3, 0.4) is 0 Å². The predicted octanol–water partition coefficient (Wildman–Crippen LogP) is 2.40. The van der Waals surface area contributed by atoms with E-state index in [-0.39, 0.29) is 17.7 Å². The molecular weight excluding hydrogens is 295 g/mol. The van der Waals surface area contributed by atoms with Crippen molar-refractivity contribution in [1.82, 2.24) is 10.6 Å². The third-order valence-electron chi connectivity index (χ3n) is 5.18. The second-order valence-corrected chi connectivity index (χ2v) is 6.77. The van der Waals surface area contributed by atoms with E-state index in [1.54, 1.807) is 0 Å². The summed E-state index contributed by atoms with van der Waals surface area (Å²) in [6, 6.07) is 0. The van der Waals surface area contributed by atoms with Crippen LogP contribution in [0.5, 0.6) is 0 Å². The van der Waals surface area contributed by atoms with Crippen molar-refractivity contribution in [2.24, 2.45) is 16.8 Å². The van der Waals surface area contributed by atoms with Gasteiger partial charge in [0, 0.05) is 12.3 Å². The second kappa shape index (κ2) is 5.83. The van der Waals surface area contributed by atoms with Crippen molar-refractivity contribution < 1.29 is 18.0 Å². The van der Waals surface area contributed by atoms with Crippen LogP contribution >= 0.6 is 0 Å². The third kappa shape index (κ3) is 3.29. The molecule has 0 unspecified atom stereocenters. The first kappa shape index (κ1) is 15.8. The Kier molecular flexibility index (Phi) is 4.18. The lowest BCUT2D eigenvalue weighted by molar-refractivity contribution is -0.146. The minimum Gasteiger partial charge on any atom is -0.317 e. The minimum absolute atomic E-state index is 0.0265. The van der Waals surface area contributed by atoms with Crippen molar-refractivity contribution in [3.05, 3.63) is 0 Å². The van der Waals surface area contributed by atoms with Crippen LogP contribution < -0.4 is 10.6 Å². The van der Waals surface area contributed by atoms with Crippen LogP contribution in [0.4, 0.5) is 13.2 Å². The van der Waals surface area contributed by atoms with Crippen molar-refractivity contribution in [2.75, 3.05) is 13.1 Å². The molecule has 0 aromatic rings. The normalized spacial score (nSPS) is 32.0. The second-order valence-electron chi connectivity index (χ2n) is 6.77. The molecule has 1 saturated heterocycles. The van der Waals surface area contributed by atoms with E-state index in [1.807, 2.05) is 0 Å². The SMILES string of the molecule is O=C1NC([C@H]2CC[C@H](CC(F)(F)F)CC2)=NC12CCNCC2. The topological polar surface area (TPSA) is 53.5 Å². The molecule has 7 heteroatoms. The molecule has 22 heavy (non-hydrogen) atoms. The van der Waals surface area contributed by atoms with Crippen molar-refractivity contribution >= 4 is 11.7 Å². The Hall–Kier alpha value is -1.11. The summed E-state index contributed by atoms with van der Waals surface area (Å²) < 4.78 is 37.3. The third-order valence-corrected chi connectivity index (χ3v) is 5.18. The summed E-state index contributed by atoms with van der Waals surface area (Å²) >= 11 is 0. The maximum atomic E-state index is 12.4. The Morgan fingerprint density at radius 3 is 2.36 bits per heavy atom. The van der Waals surface area contributed by atoms with Crippen molar-refractivity contribution in [2.45, 2.75) is 56.7 Å². The summed E-state index contributed by atoms with van der Waals surface area (Å²) in [5.74, 6) is 0.531. The molecule has 1 saturated carbocycles. The molecule has 2 N–H and O–H groups in total. The van der Waals surface area contributed by atoms with Gasteiger partial charge in [-0.15, -0.1) is 0 Å². The number of piperidine rings is 1. The maximum absolute atomic E-state index is 12.4. The number of nitrogens with one attached hydrogen (secondary N) is 2. The molecule has 0 radical (unpaired) electrons. The summed E-state index contributed by atoms with van der Waals surface area (Å²) in [5.41, 5.74) is -0.622. The number of hydrogen-bond donors (Lipinski definition) is 2. The number of carbonyl (C=O) groups excluding carboxylic acids is 1. The van der Waals surface area contributed by atoms with Gasteiger partial charge in [-0.2, -0.15) is 13.2 Å². The van der Waals surface area contributed by atoms with Crippen LogP contribution in [0.2, 0.25) is 0 Å². The monoisotopic (exact) mass is 317 g/mol. The van der Waals surface area contributed by atoms with E-state index < -0.39 is 18.1 Å². The number of aliphatic imine (C=N–C) groups is 1. The van der Waals surface area contributed by atoms with Gasteiger partial charge in [0.25, 0.3) is 5.91 Å². The molecule has 4 nitrogen and oxygen atoms in total. The quantitative estimate of drug-likeness (QED) is 0.822. The first-order chi connectivity index (χ1) is 10.4. The number of amides is 1. The maximum Gasteiger partial charge on any atom is 0.389 e. The number of halogens is 3. The number of alkyl halides is 3. The van der Waals surface area contributed by atoms with Crippen LogP contribution in [0.1, 0.15) is 44.9 Å². The molecule has 2 heterocycles. The Morgan fingerprint density at radius 2 is 1.77 bits per heavy atom. The van der Waals surface area contributed by atoms with E-state index in [0.29, 0.717) is 38.5 Å². The molecule has 1 amide bonds. The first-order valence-electron chi connectivity index (χ1n) is 8.07. The van der Waals surface area contributed by atoms with E-state index in [2.05, 4.69) is 15.6 Å². The molecule has 3 rings (SSSR count). The van der Waals surface area contributed by atoms with Crippen molar-refractivity contribution in [1.29, 1.82) is 0 Å². The lowest BCUT2D eigenvalue weighted by atomic mass is 9.80. The highest BCUT2D eigenvalue weighted by atomic mass is 19.4. The van der Waals surface area contributed by atoms with E-state index in [4.69, 9.17) is 0 Å². The van der Waals surface area contributed by atoms with E-state index in [1.165, 1.54) is 0 Å². The molecule has 0 aromatic carbocycles. The fourth-order valence-electron chi connectivity index (χ4n) is 3.88. The smallest absolute Gasteiger partial charge is 0.317 e. The Morgan fingerprint density at radius 1 is 1.14 bits per heavy atom. The molecule has 3 aliphatic rings. The van der Waals surface area contributed by atoms with Gasteiger partial charge in [-0.1, -0.05) is 0 Å². The Bertz CT molecular complexity index is 461. The molecule has 2 fully saturated rings. The Balaban J connectivity index is 1.60. The summed E-state index contributed by atoms with van der Waals surface area (Å²) in [7, 11) is 0. The van der Waals surface area contributed by atoms with Gasteiger partial charge in [-0.05, 0) is 57.5 Å². The lowest BCUT2D eigenvalue weighted by Gasteiger charge is -2.29. The largest absolute Gasteiger partial charge is 0.389 e. The fraction of sp³-hybridized carbons (Fsp3) is 0.867. The molecular formula is C15H22F3N3O. The Labute approximate surface area is 127 Å². The van der Waals surface area contributed by atoms with Crippen LogP contribution in [-0.4, -0.2) is 36.5 Å². The van der Waals surface area contributed by atoms with Gasteiger partial charge in [0.15, 0.2) is 0 Å². The molecule has 0 atom stereocenters. The highest BCUT2D eigenvalue weighted by Crippen LogP contribution is 2.38. The lowest BCUT2D eigenvalue weighted by Crippen LogP contribution is -2.47. The zero-order valence-corrected chi connectivity index (χ0v) is 12.5. The van der Waals surface area contributed by atoms with E-state index in [0.717, 1.165) is 18.9 Å². The van der Waals surface area contributed by atoms with E-state index in [9.17, 15) is 18.0 Å². The average Bonchev–Trinajstić information content (AvgIpc) is 2.76. The summed E-state index contributed by atoms with van der Waals surface area (Å²) in [4.78, 5) is 16.9. The van der Waals surface area contributed by atoms with Gasteiger partial charge in [0.1, 0.15) is 11.4 Å². The molecule has 2 aliphatic heterocycles. The number of nitrogens with zero attached hydrogens (tertiary/aromatic N) is 1. The van der Waals surface area contributed by atoms with Gasteiger partial charge in [-0.3, -0.25) is 9.79 Å². The molecule has 1 spiro atoms. The summed E-state index contributed by atoms with van der Waals surface area (Å²) in [5, 5.41) is 6.13. The average molecular weight is 317 g/mol. The van der Waals surface area contributed by atoms with Crippen LogP contribution in [0.15, 0.2) is 4.99 Å². The number of hydrogen-bond acceptors (Lipinski definition) is 3. The van der Waals surface area contributed by atoms with Crippen LogP contribution in [0.25, 0.3) is 0 Å². The van der Waals surface area contributed by atoms with Gasteiger partial charge in [-0.25, -0.2) is 0 Å². The number of carbonyl (C=O) groups is 1. The van der Waals surface area contributed by atoms with Gasteiger partial charge in [0.05, 0.1) is 0 Å². The summed E-state index contributed by atoms with van der Waals surface area (Å²) in [6.45, 7) is 1.56. The number of rotatable bonds is 2. The molecule has 0 bridgehead atoms. The van der Waals surface area contributed by atoms with Gasteiger partial charge in [0.2, 0.25) is 0 Å². The van der Waals surface area contributed by atoms with Crippen LogP contribution in [0, 0.1) is 11.8 Å². The van der Waals surface area contributed by atoms with Crippen LogP contribution in [-0.2, 0) is 4.79 Å². The highest BCUT2D eigenvalue weighted by Gasteiger charge is 2.46. The zero-order chi connectivity index (χ0) is 15.8. The minimum atomic E-state index is -4.07. The van der Waals surface area contributed by atoms with E-state index >= 15 is 0 Å². The summed E-state index contributed by atoms with van der Waals surface area (Å²) in [6.07, 6.45) is -0.856. The molecule has 0 aromatic heterocycles. The zero-order valence-electron chi connectivity index (χ0n) is 12.5. The van der Waals surface area contributed by atoms with Crippen molar-refractivity contribution in [3.8, 4) is 0 Å². The predicted molar refractivity (Wildman–Crippen MR) is 76.5 cm³/mol. The highest BCUT2D eigenvalue weighted by molar-refractivity contribution is 6.09. The standard InChI is InChI=1S/C15H22F3N3O/c16-15(17,18)9-10-1-3-11(4-2-10)12-20-13(22)14(21-12)5-7-19-8-6-14/h10-11,19H,1-9H2,(H,20,21,22)/t10-,11-. The first-order valence-corrected chi connectivity index (χ1v) is 8.07. The van der Waals surface area contributed by atoms with Crippen molar-refractivity contribution in [3.63, 3.8) is 0 Å². The number of amidine groups is 1. The van der Waals surface area contributed by atoms with Gasteiger partial charge < -0.3 is 10.6 Å².